The predicted molar refractivity (Wildman–Crippen MR) is 80.4 cm³/mol. The topological polar surface area (TPSA) is 41.5 Å². The Bertz CT molecular complexity index is 472. The van der Waals surface area contributed by atoms with Gasteiger partial charge in [-0.05, 0) is 36.6 Å². The van der Waals surface area contributed by atoms with Crippen LogP contribution in [0.5, 0.6) is 5.75 Å². The molecule has 1 unspecified atom stereocenters. The lowest BCUT2D eigenvalue weighted by Crippen LogP contribution is -2.39. The van der Waals surface area contributed by atoms with Crippen LogP contribution in [-0.4, -0.2) is 30.9 Å². The van der Waals surface area contributed by atoms with Gasteiger partial charge in [0.25, 0.3) is 0 Å². The van der Waals surface area contributed by atoms with E-state index in [1.165, 1.54) is 18.4 Å². The maximum Gasteiger partial charge on any atom is 0.123 e. The number of hydrogen-bond acceptors (Lipinski definition) is 3. The van der Waals surface area contributed by atoms with Gasteiger partial charge in [-0.2, -0.15) is 0 Å². The molecule has 1 aromatic rings. The van der Waals surface area contributed by atoms with E-state index >= 15 is 0 Å². The van der Waals surface area contributed by atoms with Crippen LogP contribution in [0, 0.1) is 5.41 Å². The second-order valence-corrected chi connectivity index (χ2v) is 6.63. The molecule has 0 aromatic heterocycles. The molecule has 1 aliphatic carbocycles. The summed E-state index contributed by atoms with van der Waals surface area (Å²) in [4.78, 5) is 0. The highest BCUT2D eigenvalue weighted by Gasteiger charge is 2.33. The number of hydrogen-bond donors (Lipinski definition) is 2. The molecule has 0 saturated heterocycles. The third kappa shape index (κ3) is 2.95. The first-order valence-electron chi connectivity index (χ1n) is 7.47. The minimum absolute atomic E-state index is 0.106. The van der Waals surface area contributed by atoms with Crippen LogP contribution in [0.2, 0.25) is 5.02 Å². The van der Waals surface area contributed by atoms with E-state index in [1.807, 2.05) is 18.2 Å². The lowest BCUT2D eigenvalue weighted by Gasteiger charge is -2.27. The molecule has 0 amide bonds. The highest BCUT2D eigenvalue weighted by Crippen LogP contribution is 2.37. The standard InChI is InChI=1S/C16H22ClNO2/c17-13-3-4-15-12(7-13)8-14(20-15)9-18-10-16(11-19)5-1-2-6-16/h3-4,7,14,18-19H,1-2,5-6,8-11H2. The molecule has 1 fully saturated rings. The quantitative estimate of drug-likeness (QED) is 0.878. The van der Waals surface area contributed by atoms with Crippen LogP contribution in [0.3, 0.4) is 0 Å². The van der Waals surface area contributed by atoms with Crippen LogP contribution in [-0.2, 0) is 6.42 Å². The van der Waals surface area contributed by atoms with Gasteiger partial charge < -0.3 is 15.2 Å². The first kappa shape index (κ1) is 14.2. The Morgan fingerprint density at radius 1 is 1.35 bits per heavy atom. The van der Waals surface area contributed by atoms with Gasteiger partial charge in [-0.1, -0.05) is 24.4 Å². The summed E-state index contributed by atoms with van der Waals surface area (Å²) in [6.07, 6.45) is 5.85. The Balaban J connectivity index is 1.49. The van der Waals surface area contributed by atoms with Crippen molar-refractivity contribution in [3.63, 3.8) is 0 Å². The van der Waals surface area contributed by atoms with Crippen molar-refractivity contribution in [2.24, 2.45) is 5.41 Å². The summed E-state index contributed by atoms with van der Waals surface area (Å²) in [5.74, 6) is 0.957. The molecule has 0 radical (unpaired) electrons. The molecule has 110 valence electrons. The normalized spacial score (nSPS) is 23.6. The Labute approximate surface area is 125 Å². The smallest absolute Gasteiger partial charge is 0.123 e. The molecule has 2 aliphatic rings. The van der Waals surface area contributed by atoms with Gasteiger partial charge >= 0.3 is 0 Å². The summed E-state index contributed by atoms with van der Waals surface area (Å²) in [6, 6.07) is 5.81. The van der Waals surface area contributed by atoms with Crippen molar-refractivity contribution >= 4 is 11.6 Å². The van der Waals surface area contributed by atoms with Crippen LogP contribution >= 0.6 is 11.6 Å². The average Bonchev–Trinajstić information content (AvgIpc) is 3.05. The van der Waals surface area contributed by atoms with Crippen molar-refractivity contribution in [2.75, 3.05) is 19.7 Å². The molecule has 1 aromatic carbocycles. The third-order valence-electron chi connectivity index (χ3n) is 4.64. The van der Waals surface area contributed by atoms with Crippen molar-refractivity contribution < 1.29 is 9.84 Å². The maximum absolute atomic E-state index is 9.60. The lowest BCUT2D eigenvalue weighted by atomic mass is 9.87. The molecule has 20 heavy (non-hydrogen) atoms. The number of benzene rings is 1. The fourth-order valence-electron chi connectivity index (χ4n) is 3.42. The Morgan fingerprint density at radius 3 is 2.90 bits per heavy atom. The van der Waals surface area contributed by atoms with Crippen LogP contribution in [0.4, 0.5) is 0 Å². The van der Waals surface area contributed by atoms with E-state index in [2.05, 4.69) is 5.32 Å². The monoisotopic (exact) mass is 295 g/mol. The number of nitrogens with one attached hydrogen (secondary N) is 1. The van der Waals surface area contributed by atoms with E-state index in [4.69, 9.17) is 16.3 Å². The zero-order valence-corrected chi connectivity index (χ0v) is 12.5. The lowest BCUT2D eigenvalue weighted by molar-refractivity contribution is 0.123. The molecule has 1 saturated carbocycles. The molecule has 1 aliphatic heterocycles. The molecule has 0 spiro atoms. The zero-order chi connectivity index (χ0) is 14.0. The summed E-state index contributed by atoms with van der Waals surface area (Å²) in [5.41, 5.74) is 1.30. The van der Waals surface area contributed by atoms with Crippen LogP contribution in [0.15, 0.2) is 18.2 Å². The summed E-state index contributed by atoms with van der Waals surface area (Å²) >= 11 is 6.00. The third-order valence-corrected chi connectivity index (χ3v) is 4.87. The van der Waals surface area contributed by atoms with E-state index in [0.717, 1.165) is 43.1 Å². The highest BCUT2D eigenvalue weighted by atomic mass is 35.5. The first-order valence-corrected chi connectivity index (χ1v) is 7.85. The van der Waals surface area contributed by atoms with Crippen molar-refractivity contribution in [3.8, 4) is 5.75 Å². The Kier molecular flexibility index (Phi) is 4.20. The zero-order valence-electron chi connectivity index (χ0n) is 11.7. The number of fused-ring (bicyclic) bond motifs is 1. The van der Waals surface area contributed by atoms with E-state index < -0.39 is 0 Å². The molecule has 3 nitrogen and oxygen atoms in total. The minimum atomic E-state index is 0.106. The number of aliphatic hydroxyl groups is 1. The maximum atomic E-state index is 9.60. The fourth-order valence-corrected chi connectivity index (χ4v) is 3.61. The number of ether oxygens (including phenoxy) is 1. The molecular formula is C16H22ClNO2. The molecule has 1 atom stereocenters. The van der Waals surface area contributed by atoms with E-state index in [9.17, 15) is 5.11 Å². The van der Waals surface area contributed by atoms with Crippen molar-refractivity contribution in [3.05, 3.63) is 28.8 Å². The summed E-state index contributed by atoms with van der Waals surface area (Å²) in [6.45, 7) is 2.01. The number of aliphatic hydroxyl groups excluding tert-OH is 1. The van der Waals surface area contributed by atoms with E-state index in [0.29, 0.717) is 6.61 Å². The summed E-state index contributed by atoms with van der Waals surface area (Å²) < 4.78 is 5.91. The molecule has 3 rings (SSSR count). The average molecular weight is 296 g/mol. The van der Waals surface area contributed by atoms with Gasteiger partial charge in [-0.3, -0.25) is 0 Å². The van der Waals surface area contributed by atoms with Crippen molar-refractivity contribution in [2.45, 2.75) is 38.2 Å². The molecule has 4 heteroatoms. The van der Waals surface area contributed by atoms with Gasteiger partial charge in [0.15, 0.2) is 0 Å². The molecular weight excluding hydrogens is 274 g/mol. The SMILES string of the molecule is OCC1(CNCC2Cc3cc(Cl)ccc3O2)CCCC1. The van der Waals surface area contributed by atoms with Crippen LogP contribution in [0.1, 0.15) is 31.2 Å². The van der Waals surface area contributed by atoms with Gasteiger partial charge in [-0.15, -0.1) is 0 Å². The minimum Gasteiger partial charge on any atom is -0.488 e. The molecule has 0 bridgehead atoms. The second-order valence-electron chi connectivity index (χ2n) is 6.19. The van der Waals surface area contributed by atoms with E-state index in [1.54, 1.807) is 0 Å². The van der Waals surface area contributed by atoms with Gasteiger partial charge in [0, 0.05) is 36.6 Å². The number of halogens is 1. The fraction of sp³-hybridized carbons (Fsp3) is 0.625. The Hall–Kier alpha value is -0.770. The largest absolute Gasteiger partial charge is 0.488 e. The predicted octanol–water partition coefficient (Wildman–Crippen LogP) is 2.79. The van der Waals surface area contributed by atoms with Gasteiger partial charge in [0.2, 0.25) is 0 Å². The van der Waals surface area contributed by atoms with Gasteiger partial charge in [0.1, 0.15) is 11.9 Å². The Morgan fingerprint density at radius 2 is 2.15 bits per heavy atom. The van der Waals surface area contributed by atoms with Crippen LogP contribution in [0.25, 0.3) is 0 Å². The number of rotatable bonds is 5. The molecule has 2 N–H and O–H groups in total. The molecule has 1 heterocycles. The van der Waals surface area contributed by atoms with Crippen molar-refractivity contribution in [1.82, 2.24) is 5.32 Å². The van der Waals surface area contributed by atoms with Crippen LogP contribution < -0.4 is 10.1 Å². The van der Waals surface area contributed by atoms with Gasteiger partial charge in [-0.25, -0.2) is 0 Å². The second kappa shape index (κ2) is 5.92. The summed E-state index contributed by atoms with van der Waals surface area (Å²) in [7, 11) is 0. The highest BCUT2D eigenvalue weighted by molar-refractivity contribution is 6.30. The van der Waals surface area contributed by atoms with E-state index in [-0.39, 0.29) is 11.5 Å². The van der Waals surface area contributed by atoms with Crippen molar-refractivity contribution in [1.29, 1.82) is 0 Å². The first-order chi connectivity index (χ1) is 9.71. The summed E-state index contributed by atoms with van der Waals surface area (Å²) in [5, 5.41) is 13.9. The van der Waals surface area contributed by atoms with Gasteiger partial charge in [0.05, 0.1) is 0 Å².